The molecular formula is C82H120N10O17. The molecule has 0 aliphatic carbocycles. The Morgan fingerprint density at radius 2 is 0.688 bits per heavy atom. The van der Waals surface area contributed by atoms with E-state index in [1.807, 2.05) is 81.4 Å². The topological polar surface area (TPSA) is 343 Å². The van der Waals surface area contributed by atoms with Crippen LogP contribution >= 0.6 is 0 Å². The summed E-state index contributed by atoms with van der Waals surface area (Å²) in [4.78, 5) is 169. The zero-order chi connectivity index (χ0) is 81.5. The number of carbonyl (C=O) groups excluding carboxylic acids is 14. The highest BCUT2D eigenvalue weighted by Crippen LogP contribution is 2.28. The number of benzene rings is 2. The fourth-order valence-corrected chi connectivity index (χ4v) is 10.7. The summed E-state index contributed by atoms with van der Waals surface area (Å²) in [6.45, 7) is 37.3. The second-order valence-electron chi connectivity index (χ2n) is 32.4. The van der Waals surface area contributed by atoms with E-state index < -0.39 is 5.92 Å². The van der Waals surface area contributed by atoms with E-state index in [0.29, 0.717) is 77.4 Å². The normalized spacial score (nSPS) is 15.4. The van der Waals surface area contributed by atoms with E-state index in [0.717, 1.165) is 63.0 Å². The summed E-state index contributed by atoms with van der Waals surface area (Å²) in [6.07, 6.45) is 17.9. The molecule has 27 nitrogen and oxygen atoms in total. The van der Waals surface area contributed by atoms with Gasteiger partial charge in [0.05, 0.1) is 52.7 Å². The number of imide groups is 5. The number of amides is 13. The number of ether oxygens (including phenoxy) is 3. The Balaban J connectivity index is 0.000000358. The SMILES string of the molecule is CC(C)(C)CC(Cc1ccccc1)C(=O)NCCN1C(=O)C=CC1=O.CC(C)(C)CCC(=O)NCCN1C(=O)C=CC1=O.CC(C)(C)CCCOCCN1C(=O)C=CC1=O.CC(C)(C)NCC(=O)CC(Cc1ccccc1)C(=O)NCCN1C(=O)C=CC1=O.CC(C)(C)NCCOCCOCCN1C(=O)C=CC1=O. The summed E-state index contributed by atoms with van der Waals surface area (Å²) >= 11 is 0. The molecule has 0 saturated heterocycles. The molecule has 0 spiro atoms. The molecule has 0 saturated carbocycles. The van der Waals surface area contributed by atoms with Crippen LogP contribution in [0, 0.1) is 28.1 Å². The number of nitrogens with one attached hydrogen (secondary N) is 5. The maximum absolute atomic E-state index is 12.7. The minimum absolute atomic E-state index is 0.0294. The number of Topliss-reactive ketones (excluding diaryl/α,β-unsaturated/α-hetero) is 1. The Hall–Kier alpha value is -9.28. The average molecular weight is 1520 g/mol. The van der Waals surface area contributed by atoms with Gasteiger partial charge < -0.3 is 40.8 Å². The number of ketones is 1. The van der Waals surface area contributed by atoms with Crippen LogP contribution < -0.4 is 26.6 Å². The molecule has 7 rings (SSSR count). The van der Waals surface area contributed by atoms with Crippen molar-refractivity contribution >= 4 is 82.6 Å². The van der Waals surface area contributed by atoms with Crippen LogP contribution in [-0.4, -0.2) is 223 Å². The maximum atomic E-state index is 12.7. The lowest BCUT2D eigenvalue weighted by Crippen LogP contribution is -2.42. The summed E-state index contributed by atoms with van der Waals surface area (Å²) in [7, 11) is 0. The maximum Gasteiger partial charge on any atom is 0.253 e. The van der Waals surface area contributed by atoms with Crippen molar-refractivity contribution in [2.75, 3.05) is 105 Å². The molecule has 600 valence electrons. The molecule has 2 aromatic carbocycles. The van der Waals surface area contributed by atoms with Crippen LogP contribution in [-0.2, 0) is 94.2 Å². The van der Waals surface area contributed by atoms with Crippen molar-refractivity contribution in [3.63, 3.8) is 0 Å². The predicted octanol–water partition coefficient (Wildman–Crippen LogP) is 6.50. The lowest BCUT2D eigenvalue weighted by atomic mass is 9.81. The quantitative estimate of drug-likeness (QED) is 0.0356. The third-order valence-electron chi connectivity index (χ3n) is 16.5. The van der Waals surface area contributed by atoms with E-state index in [2.05, 4.69) is 110 Å². The van der Waals surface area contributed by atoms with Gasteiger partial charge >= 0.3 is 0 Å². The van der Waals surface area contributed by atoms with Crippen LogP contribution in [0.2, 0.25) is 0 Å². The molecule has 27 heteroatoms. The van der Waals surface area contributed by atoms with Crippen molar-refractivity contribution < 1.29 is 81.3 Å². The first-order valence-corrected chi connectivity index (χ1v) is 37.3. The summed E-state index contributed by atoms with van der Waals surface area (Å²) in [5, 5.41) is 14.8. The summed E-state index contributed by atoms with van der Waals surface area (Å²) in [5.74, 6) is -4.12. The molecule has 5 aliphatic rings. The predicted molar refractivity (Wildman–Crippen MR) is 415 cm³/mol. The van der Waals surface area contributed by atoms with Crippen LogP contribution in [0.3, 0.4) is 0 Å². The van der Waals surface area contributed by atoms with Crippen molar-refractivity contribution in [3.05, 3.63) is 133 Å². The van der Waals surface area contributed by atoms with Crippen LogP contribution in [0.1, 0.15) is 154 Å². The van der Waals surface area contributed by atoms with Crippen LogP contribution in [0.5, 0.6) is 0 Å². The van der Waals surface area contributed by atoms with Gasteiger partial charge in [-0.15, -0.1) is 0 Å². The Morgan fingerprint density at radius 1 is 0.358 bits per heavy atom. The average Bonchev–Trinajstić information content (AvgIpc) is 1.80. The molecule has 2 aromatic rings. The minimum atomic E-state index is -0.519. The van der Waals surface area contributed by atoms with Gasteiger partial charge in [0.25, 0.3) is 59.1 Å². The molecular weight excluding hydrogens is 1400 g/mol. The molecule has 0 fully saturated rings. The lowest BCUT2D eigenvalue weighted by Gasteiger charge is -2.26. The van der Waals surface area contributed by atoms with E-state index >= 15 is 0 Å². The highest BCUT2D eigenvalue weighted by atomic mass is 16.5. The number of hydrogen-bond acceptors (Lipinski definition) is 19. The molecule has 0 aromatic heterocycles. The summed E-state index contributed by atoms with van der Waals surface area (Å²) in [5.41, 5.74) is 2.50. The molecule has 5 heterocycles. The standard InChI is InChI=1S/C22H29N3O4.C20H26N2O3.C14H24N2O4.C13H20N2O3.C13H21NO3/c1-22(2,3)24-15-18(26)14-17(13-16-7-5-4-6-8-16)21(29)23-11-12-25-19(27)9-10-20(25)28;1-20(2,3)14-16(13-15-7-5-4-6-8-15)19(25)21-11-12-22-17(23)9-10-18(22)24;1-14(2,3)15-6-8-19-10-11-20-9-7-16-12(17)4-5-13(16)18;1-13(2,3)7-6-10(16)14-8-9-15-11(17)4-5-12(15)18;1-13(2,3)7-4-9-17-10-8-14-11(15)5-6-12(14)16/h4-10,17,24H,11-15H2,1-3H3,(H,23,29);4-10,16H,11-14H2,1-3H3,(H,21,25);4-5,15H,6-11H2,1-3H3;4-5H,6-9H2,1-3H3,(H,14,16);5-6H,4,7-10H2,1-3H3. The van der Waals surface area contributed by atoms with Gasteiger partial charge in [0.1, 0.15) is 5.78 Å². The van der Waals surface area contributed by atoms with Crippen molar-refractivity contribution in [2.24, 2.45) is 28.1 Å². The summed E-state index contributed by atoms with van der Waals surface area (Å²) < 4.78 is 16.1. The van der Waals surface area contributed by atoms with Crippen molar-refractivity contribution in [2.45, 2.75) is 166 Å². The second-order valence-corrected chi connectivity index (χ2v) is 32.4. The number of hydrogen-bond donors (Lipinski definition) is 5. The van der Waals surface area contributed by atoms with Gasteiger partial charge in [-0.05, 0) is 107 Å². The lowest BCUT2D eigenvalue weighted by molar-refractivity contribution is -0.139. The van der Waals surface area contributed by atoms with E-state index in [1.54, 1.807) is 0 Å². The summed E-state index contributed by atoms with van der Waals surface area (Å²) in [6, 6.07) is 19.5. The van der Waals surface area contributed by atoms with Gasteiger partial charge in [-0.2, -0.15) is 0 Å². The van der Waals surface area contributed by atoms with Gasteiger partial charge in [0.2, 0.25) is 17.7 Å². The first-order valence-electron chi connectivity index (χ1n) is 37.3. The monoisotopic (exact) mass is 1520 g/mol. The van der Waals surface area contributed by atoms with Gasteiger partial charge in [-0.25, -0.2) is 0 Å². The van der Waals surface area contributed by atoms with Crippen LogP contribution in [0.15, 0.2) is 121 Å². The Kier molecular flexibility index (Phi) is 40.4. The first-order chi connectivity index (χ1) is 51.0. The van der Waals surface area contributed by atoms with Crippen molar-refractivity contribution in [3.8, 4) is 0 Å². The minimum Gasteiger partial charge on any atom is -0.380 e. The molecule has 0 bridgehead atoms. The Bertz CT molecular complexity index is 3440. The van der Waals surface area contributed by atoms with Crippen molar-refractivity contribution in [1.82, 2.24) is 51.1 Å². The fourth-order valence-electron chi connectivity index (χ4n) is 10.7. The van der Waals surface area contributed by atoms with Gasteiger partial charge in [-0.1, -0.05) is 123 Å². The molecule has 2 atom stereocenters. The number of nitrogens with zero attached hydrogens (tertiary/aromatic N) is 5. The molecule has 2 unspecified atom stereocenters. The number of rotatable bonds is 37. The van der Waals surface area contributed by atoms with E-state index in [-0.39, 0.29) is 163 Å². The fraction of sp³-hybridized carbons (Fsp3) is 0.561. The molecule has 5 aliphatic heterocycles. The van der Waals surface area contributed by atoms with Gasteiger partial charge in [0.15, 0.2) is 0 Å². The third-order valence-corrected chi connectivity index (χ3v) is 16.5. The molecule has 13 amide bonds. The van der Waals surface area contributed by atoms with Gasteiger partial charge in [-0.3, -0.25) is 91.6 Å². The highest BCUT2D eigenvalue weighted by Gasteiger charge is 2.30. The zero-order valence-corrected chi connectivity index (χ0v) is 66.8. The first kappa shape index (κ1) is 93.9. The van der Waals surface area contributed by atoms with E-state index in [4.69, 9.17) is 14.2 Å². The van der Waals surface area contributed by atoms with Crippen molar-refractivity contribution in [1.29, 1.82) is 0 Å². The highest BCUT2D eigenvalue weighted by molar-refractivity contribution is 6.15. The van der Waals surface area contributed by atoms with Gasteiger partial charge in [0, 0.05) is 149 Å². The van der Waals surface area contributed by atoms with Crippen LogP contribution in [0.25, 0.3) is 0 Å². The molecule has 109 heavy (non-hydrogen) atoms. The molecule has 0 radical (unpaired) electrons. The largest absolute Gasteiger partial charge is 0.380 e. The van der Waals surface area contributed by atoms with E-state index in [1.165, 1.54) is 65.7 Å². The van der Waals surface area contributed by atoms with E-state index in [9.17, 15) is 67.1 Å². The third kappa shape index (κ3) is 41.2. The zero-order valence-electron chi connectivity index (χ0n) is 66.8. The number of carbonyl (C=O) groups is 14. The Morgan fingerprint density at radius 3 is 1.05 bits per heavy atom. The van der Waals surface area contributed by atoms with Crippen LogP contribution in [0.4, 0.5) is 0 Å². The smallest absolute Gasteiger partial charge is 0.253 e. The molecule has 5 N–H and O–H groups in total. The second kappa shape index (κ2) is 46.9. The Labute approximate surface area is 644 Å².